The van der Waals surface area contributed by atoms with Crippen molar-refractivity contribution in [3.63, 3.8) is 0 Å². The van der Waals surface area contributed by atoms with Crippen LogP contribution in [0.1, 0.15) is 40.0 Å². The molecule has 13 heavy (non-hydrogen) atoms. The molecule has 2 nitrogen and oxygen atoms in total. The molecule has 0 bridgehead atoms. The molecule has 0 aromatic rings. The van der Waals surface area contributed by atoms with Crippen LogP contribution in [0.25, 0.3) is 0 Å². The first-order valence-electron chi connectivity index (χ1n) is 5.41. The highest BCUT2D eigenvalue weighted by molar-refractivity contribution is 4.60. The van der Waals surface area contributed by atoms with E-state index in [-0.39, 0.29) is 6.61 Å². The van der Waals surface area contributed by atoms with Gasteiger partial charge in [-0.1, -0.05) is 27.2 Å². The van der Waals surface area contributed by atoms with E-state index in [9.17, 15) is 0 Å². The maximum absolute atomic E-state index is 9.04. The fraction of sp³-hybridized carbons (Fsp3) is 1.00. The Morgan fingerprint density at radius 1 is 1.23 bits per heavy atom. The molecular weight excluding hydrogens is 164 g/mol. The third-order valence-electron chi connectivity index (χ3n) is 2.45. The fourth-order valence-corrected chi connectivity index (χ4v) is 1.22. The standard InChI is InChI=1S/C11H24O2/c1-4-5-7-13-8-6-11(9-12)10(2)3/h10-12H,4-9H2,1-3H3. The molecule has 1 atom stereocenters. The first-order chi connectivity index (χ1) is 6.22. The molecule has 0 amide bonds. The van der Waals surface area contributed by atoms with Crippen molar-refractivity contribution in [1.82, 2.24) is 0 Å². The van der Waals surface area contributed by atoms with Gasteiger partial charge in [0.1, 0.15) is 0 Å². The van der Waals surface area contributed by atoms with Crippen LogP contribution in [0.3, 0.4) is 0 Å². The van der Waals surface area contributed by atoms with Gasteiger partial charge in [-0.05, 0) is 24.7 Å². The Morgan fingerprint density at radius 3 is 2.38 bits per heavy atom. The number of aliphatic hydroxyl groups excluding tert-OH is 1. The molecule has 0 aliphatic heterocycles. The predicted molar refractivity (Wildman–Crippen MR) is 55.8 cm³/mol. The second-order valence-electron chi connectivity index (χ2n) is 3.94. The molecule has 80 valence electrons. The van der Waals surface area contributed by atoms with E-state index in [1.165, 1.54) is 6.42 Å². The van der Waals surface area contributed by atoms with Crippen LogP contribution in [-0.4, -0.2) is 24.9 Å². The molecule has 0 aliphatic carbocycles. The fourth-order valence-electron chi connectivity index (χ4n) is 1.22. The minimum absolute atomic E-state index is 0.287. The number of hydrogen-bond donors (Lipinski definition) is 1. The Labute approximate surface area is 82.3 Å². The van der Waals surface area contributed by atoms with Crippen molar-refractivity contribution >= 4 is 0 Å². The second kappa shape index (κ2) is 8.52. The Morgan fingerprint density at radius 2 is 1.92 bits per heavy atom. The van der Waals surface area contributed by atoms with Gasteiger partial charge < -0.3 is 9.84 Å². The van der Waals surface area contributed by atoms with Crippen LogP contribution >= 0.6 is 0 Å². The molecule has 0 aromatic heterocycles. The lowest BCUT2D eigenvalue weighted by Crippen LogP contribution is -2.16. The highest BCUT2D eigenvalue weighted by atomic mass is 16.5. The second-order valence-corrected chi connectivity index (χ2v) is 3.94. The van der Waals surface area contributed by atoms with Gasteiger partial charge in [-0.15, -0.1) is 0 Å². The predicted octanol–water partition coefficient (Wildman–Crippen LogP) is 2.46. The number of aliphatic hydroxyl groups is 1. The van der Waals surface area contributed by atoms with E-state index in [1.54, 1.807) is 0 Å². The van der Waals surface area contributed by atoms with E-state index in [2.05, 4.69) is 20.8 Å². The van der Waals surface area contributed by atoms with Gasteiger partial charge in [0, 0.05) is 19.8 Å². The van der Waals surface area contributed by atoms with Crippen LogP contribution in [0, 0.1) is 11.8 Å². The van der Waals surface area contributed by atoms with Crippen LogP contribution < -0.4 is 0 Å². The summed E-state index contributed by atoms with van der Waals surface area (Å²) in [6, 6.07) is 0. The first kappa shape index (κ1) is 12.9. The van der Waals surface area contributed by atoms with Gasteiger partial charge >= 0.3 is 0 Å². The lowest BCUT2D eigenvalue weighted by atomic mass is 9.94. The molecular formula is C11H24O2. The largest absolute Gasteiger partial charge is 0.396 e. The van der Waals surface area contributed by atoms with E-state index < -0.39 is 0 Å². The summed E-state index contributed by atoms with van der Waals surface area (Å²) in [6.45, 7) is 8.40. The van der Waals surface area contributed by atoms with Crippen molar-refractivity contribution in [2.75, 3.05) is 19.8 Å². The third-order valence-corrected chi connectivity index (χ3v) is 2.45. The molecule has 0 heterocycles. The normalized spacial score (nSPS) is 13.6. The van der Waals surface area contributed by atoms with Crippen molar-refractivity contribution in [2.24, 2.45) is 11.8 Å². The zero-order valence-electron chi connectivity index (χ0n) is 9.25. The molecule has 0 spiro atoms. The zero-order valence-corrected chi connectivity index (χ0v) is 9.25. The number of ether oxygens (including phenoxy) is 1. The topological polar surface area (TPSA) is 29.5 Å². The maximum Gasteiger partial charge on any atom is 0.0469 e. The highest BCUT2D eigenvalue weighted by Crippen LogP contribution is 2.14. The monoisotopic (exact) mass is 188 g/mol. The van der Waals surface area contributed by atoms with Crippen LogP contribution in [0.4, 0.5) is 0 Å². The van der Waals surface area contributed by atoms with Crippen molar-refractivity contribution in [3.05, 3.63) is 0 Å². The van der Waals surface area contributed by atoms with Crippen LogP contribution in [-0.2, 0) is 4.74 Å². The van der Waals surface area contributed by atoms with Crippen molar-refractivity contribution in [3.8, 4) is 0 Å². The minimum atomic E-state index is 0.287. The van der Waals surface area contributed by atoms with E-state index in [0.29, 0.717) is 11.8 Å². The van der Waals surface area contributed by atoms with E-state index >= 15 is 0 Å². The summed E-state index contributed by atoms with van der Waals surface area (Å²) in [5.41, 5.74) is 0. The summed E-state index contributed by atoms with van der Waals surface area (Å²) in [5, 5.41) is 9.04. The summed E-state index contributed by atoms with van der Waals surface area (Å²) in [6.07, 6.45) is 3.32. The van der Waals surface area contributed by atoms with Gasteiger partial charge in [-0.3, -0.25) is 0 Å². The number of rotatable bonds is 8. The SMILES string of the molecule is CCCCOCCC(CO)C(C)C. The summed E-state index contributed by atoms with van der Waals surface area (Å²) >= 11 is 0. The summed E-state index contributed by atoms with van der Waals surface area (Å²) < 4.78 is 5.45. The average molecular weight is 188 g/mol. The Balaban J connectivity index is 3.28. The van der Waals surface area contributed by atoms with Crippen LogP contribution in [0.15, 0.2) is 0 Å². The average Bonchev–Trinajstić information content (AvgIpc) is 2.10. The molecule has 1 N–H and O–H groups in total. The van der Waals surface area contributed by atoms with Gasteiger partial charge in [-0.2, -0.15) is 0 Å². The molecule has 0 radical (unpaired) electrons. The third kappa shape index (κ3) is 7.03. The van der Waals surface area contributed by atoms with E-state index in [0.717, 1.165) is 26.1 Å². The van der Waals surface area contributed by atoms with E-state index in [1.807, 2.05) is 0 Å². The molecule has 0 saturated heterocycles. The first-order valence-corrected chi connectivity index (χ1v) is 5.41. The lowest BCUT2D eigenvalue weighted by molar-refractivity contribution is 0.0918. The van der Waals surface area contributed by atoms with Gasteiger partial charge in [0.25, 0.3) is 0 Å². The lowest BCUT2D eigenvalue weighted by Gasteiger charge is -2.17. The van der Waals surface area contributed by atoms with Gasteiger partial charge in [0.2, 0.25) is 0 Å². The smallest absolute Gasteiger partial charge is 0.0469 e. The van der Waals surface area contributed by atoms with Crippen molar-refractivity contribution < 1.29 is 9.84 Å². The Hall–Kier alpha value is -0.0800. The Bertz CT molecular complexity index is 102. The molecule has 2 heteroatoms. The van der Waals surface area contributed by atoms with Gasteiger partial charge in [0.05, 0.1) is 0 Å². The van der Waals surface area contributed by atoms with Crippen molar-refractivity contribution in [2.45, 2.75) is 40.0 Å². The molecule has 0 aromatic carbocycles. The number of unbranched alkanes of at least 4 members (excludes halogenated alkanes) is 1. The summed E-state index contributed by atoms with van der Waals surface area (Å²) in [7, 11) is 0. The van der Waals surface area contributed by atoms with Crippen LogP contribution in [0.5, 0.6) is 0 Å². The zero-order chi connectivity index (χ0) is 10.1. The highest BCUT2D eigenvalue weighted by Gasteiger charge is 2.11. The minimum Gasteiger partial charge on any atom is -0.396 e. The molecule has 0 aliphatic rings. The quantitative estimate of drug-likeness (QED) is 0.593. The molecule has 1 unspecified atom stereocenters. The van der Waals surface area contributed by atoms with E-state index in [4.69, 9.17) is 9.84 Å². The number of hydrogen-bond acceptors (Lipinski definition) is 2. The summed E-state index contributed by atoms with van der Waals surface area (Å²) in [5.74, 6) is 0.960. The maximum atomic E-state index is 9.04. The molecule has 0 rings (SSSR count). The molecule has 0 fully saturated rings. The Kier molecular flexibility index (Phi) is 8.46. The van der Waals surface area contributed by atoms with Gasteiger partial charge in [-0.25, -0.2) is 0 Å². The van der Waals surface area contributed by atoms with Gasteiger partial charge in [0.15, 0.2) is 0 Å². The summed E-state index contributed by atoms with van der Waals surface area (Å²) in [4.78, 5) is 0. The molecule has 0 saturated carbocycles. The van der Waals surface area contributed by atoms with Crippen LogP contribution in [0.2, 0.25) is 0 Å². The van der Waals surface area contributed by atoms with Crippen molar-refractivity contribution in [1.29, 1.82) is 0 Å².